The van der Waals surface area contributed by atoms with Gasteiger partial charge in [-0.2, -0.15) is 5.10 Å². The van der Waals surface area contributed by atoms with Crippen LogP contribution < -0.4 is 5.32 Å². The normalized spacial score (nSPS) is 13.5. The van der Waals surface area contributed by atoms with Crippen molar-refractivity contribution in [2.24, 2.45) is 0 Å². The average Bonchev–Trinajstić information content (AvgIpc) is 3.37. The number of halogens is 1. The SMILES string of the molecule is COC(=O)CC(NC(=O)c1nn(-c2ccc(F)cc2)c2c1CCC2)c1ccccc1. The van der Waals surface area contributed by atoms with Gasteiger partial charge in [-0.3, -0.25) is 9.59 Å². The number of methoxy groups -OCH3 is 1. The fourth-order valence-electron chi connectivity index (χ4n) is 3.83. The second kappa shape index (κ2) is 8.49. The fourth-order valence-corrected chi connectivity index (χ4v) is 3.83. The van der Waals surface area contributed by atoms with Crippen LogP contribution >= 0.6 is 0 Å². The van der Waals surface area contributed by atoms with Crippen LogP contribution in [0.4, 0.5) is 4.39 Å². The summed E-state index contributed by atoms with van der Waals surface area (Å²) in [4.78, 5) is 25.1. The second-order valence-corrected chi connectivity index (χ2v) is 7.23. The van der Waals surface area contributed by atoms with Crippen LogP contribution in [-0.4, -0.2) is 28.8 Å². The number of rotatable bonds is 6. The number of nitrogens with zero attached hydrogens (tertiary/aromatic N) is 2. The van der Waals surface area contributed by atoms with Gasteiger partial charge in [-0.15, -0.1) is 0 Å². The molecule has 30 heavy (non-hydrogen) atoms. The third kappa shape index (κ3) is 3.96. The maximum absolute atomic E-state index is 13.3. The van der Waals surface area contributed by atoms with Crippen molar-refractivity contribution in [3.8, 4) is 5.69 Å². The summed E-state index contributed by atoms with van der Waals surface area (Å²) < 4.78 is 19.8. The van der Waals surface area contributed by atoms with E-state index in [4.69, 9.17) is 4.74 Å². The molecule has 0 saturated carbocycles. The third-order valence-corrected chi connectivity index (χ3v) is 5.32. The summed E-state index contributed by atoms with van der Waals surface area (Å²) >= 11 is 0. The molecule has 0 spiro atoms. The molecule has 0 aliphatic heterocycles. The molecular formula is C23H22FN3O3. The van der Waals surface area contributed by atoms with E-state index in [1.165, 1.54) is 19.2 Å². The summed E-state index contributed by atoms with van der Waals surface area (Å²) in [5, 5.41) is 7.49. The van der Waals surface area contributed by atoms with Gasteiger partial charge in [0.15, 0.2) is 5.69 Å². The van der Waals surface area contributed by atoms with Crippen LogP contribution in [0.5, 0.6) is 0 Å². The minimum atomic E-state index is -0.529. The summed E-state index contributed by atoms with van der Waals surface area (Å²) in [6.45, 7) is 0. The Morgan fingerprint density at radius 2 is 1.87 bits per heavy atom. The molecule has 7 heteroatoms. The zero-order valence-corrected chi connectivity index (χ0v) is 16.6. The van der Waals surface area contributed by atoms with E-state index in [1.807, 2.05) is 30.3 Å². The molecule has 0 radical (unpaired) electrons. The van der Waals surface area contributed by atoms with Crippen molar-refractivity contribution in [2.75, 3.05) is 7.11 Å². The van der Waals surface area contributed by atoms with Crippen LogP contribution in [0.15, 0.2) is 54.6 Å². The van der Waals surface area contributed by atoms with Gasteiger partial charge in [0, 0.05) is 11.3 Å². The van der Waals surface area contributed by atoms with Crippen molar-refractivity contribution >= 4 is 11.9 Å². The lowest BCUT2D eigenvalue weighted by Gasteiger charge is -2.18. The number of hydrogen-bond acceptors (Lipinski definition) is 4. The van der Waals surface area contributed by atoms with Gasteiger partial charge in [-0.1, -0.05) is 30.3 Å². The highest BCUT2D eigenvalue weighted by atomic mass is 19.1. The van der Waals surface area contributed by atoms with Gasteiger partial charge < -0.3 is 10.1 Å². The Balaban J connectivity index is 1.64. The maximum atomic E-state index is 13.3. The van der Waals surface area contributed by atoms with Crippen LogP contribution in [0.3, 0.4) is 0 Å². The molecule has 6 nitrogen and oxygen atoms in total. The molecule has 0 fully saturated rings. The van der Waals surface area contributed by atoms with Gasteiger partial charge in [-0.25, -0.2) is 9.07 Å². The Morgan fingerprint density at radius 3 is 2.57 bits per heavy atom. The number of aromatic nitrogens is 2. The number of carbonyl (C=O) groups excluding carboxylic acids is 2. The van der Waals surface area contributed by atoms with E-state index in [-0.39, 0.29) is 18.1 Å². The minimum absolute atomic E-state index is 0.0209. The number of fused-ring (bicyclic) bond motifs is 1. The Hall–Kier alpha value is -3.48. The lowest BCUT2D eigenvalue weighted by molar-refractivity contribution is -0.141. The number of benzene rings is 2. The average molecular weight is 407 g/mol. The van der Waals surface area contributed by atoms with E-state index < -0.39 is 12.0 Å². The first-order valence-electron chi connectivity index (χ1n) is 9.86. The van der Waals surface area contributed by atoms with Gasteiger partial charge in [-0.05, 0) is 49.1 Å². The fraction of sp³-hybridized carbons (Fsp3) is 0.261. The van der Waals surface area contributed by atoms with Crippen molar-refractivity contribution in [1.29, 1.82) is 0 Å². The van der Waals surface area contributed by atoms with Crippen molar-refractivity contribution in [3.63, 3.8) is 0 Å². The van der Waals surface area contributed by atoms with Crippen molar-refractivity contribution < 1.29 is 18.7 Å². The van der Waals surface area contributed by atoms with Crippen molar-refractivity contribution in [1.82, 2.24) is 15.1 Å². The summed E-state index contributed by atoms with van der Waals surface area (Å²) in [7, 11) is 1.32. The predicted molar refractivity (Wildman–Crippen MR) is 109 cm³/mol. The molecule has 1 atom stereocenters. The van der Waals surface area contributed by atoms with Crippen molar-refractivity contribution in [3.05, 3.63) is 82.9 Å². The number of hydrogen-bond donors (Lipinski definition) is 1. The van der Waals surface area contributed by atoms with Crippen LogP contribution in [-0.2, 0) is 22.4 Å². The highest BCUT2D eigenvalue weighted by Crippen LogP contribution is 2.28. The predicted octanol–water partition coefficient (Wildman–Crippen LogP) is 3.53. The summed E-state index contributed by atoms with van der Waals surface area (Å²) in [6.07, 6.45) is 2.51. The van der Waals surface area contributed by atoms with E-state index in [0.29, 0.717) is 11.4 Å². The van der Waals surface area contributed by atoms with Gasteiger partial charge >= 0.3 is 5.97 Å². The first-order chi connectivity index (χ1) is 14.6. The molecule has 1 heterocycles. The molecule has 1 aromatic heterocycles. The number of ether oxygens (including phenoxy) is 1. The number of nitrogens with one attached hydrogen (secondary N) is 1. The smallest absolute Gasteiger partial charge is 0.307 e. The molecule has 154 valence electrons. The highest BCUT2D eigenvalue weighted by Gasteiger charge is 2.29. The van der Waals surface area contributed by atoms with Gasteiger partial charge in [0.05, 0.1) is 25.3 Å². The monoisotopic (exact) mass is 407 g/mol. The summed E-state index contributed by atoms with van der Waals surface area (Å²) in [5.41, 5.74) is 3.74. The molecule has 1 N–H and O–H groups in total. The molecule has 4 rings (SSSR count). The zero-order chi connectivity index (χ0) is 21.1. The third-order valence-electron chi connectivity index (χ3n) is 5.32. The van der Waals surface area contributed by atoms with Crippen LogP contribution in [0.1, 0.15) is 46.2 Å². The van der Waals surface area contributed by atoms with Gasteiger partial charge in [0.25, 0.3) is 5.91 Å². The van der Waals surface area contributed by atoms with E-state index in [1.54, 1.807) is 16.8 Å². The highest BCUT2D eigenvalue weighted by molar-refractivity contribution is 5.95. The van der Waals surface area contributed by atoms with Gasteiger partial charge in [0.2, 0.25) is 0 Å². The Labute approximate surface area is 173 Å². The largest absolute Gasteiger partial charge is 0.469 e. The van der Waals surface area contributed by atoms with E-state index >= 15 is 0 Å². The lowest BCUT2D eigenvalue weighted by atomic mass is 10.0. The Morgan fingerprint density at radius 1 is 1.13 bits per heavy atom. The Bertz CT molecular complexity index is 1060. The molecule has 0 bridgehead atoms. The van der Waals surface area contributed by atoms with E-state index in [9.17, 15) is 14.0 Å². The van der Waals surface area contributed by atoms with Crippen LogP contribution in [0, 0.1) is 5.82 Å². The number of esters is 1. The molecule has 1 aliphatic carbocycles. The topological polar surface area (TPSA) is 73.2 Å². The standard InChI is InChI=1S/C23H22FN3O3/c1-30-21(28)14-19(15-6-3-2-4-7-15)25-23(29)22-18-8-5-9-20(18)27(26-22)17-12-10-16(24)11-13-17/h2-4,6-7,10-13,19H,5,8-9,14H2,1H3,(H,25,29). The molecule has 3 aromatic rings. The second-order valence-electron chi connectivity index (χ2n) is 7.23. The van der Waals surface area contributed by atoms with Crippen LogP contribution in [0.25, 0.3) is 5.69 Å². The summed E-state index contributed by atoms with van der Waals surface area (Å²) in [6, 6.07) is 14.8. The lowest BCUT2D eigenvalue weighted by Crippen LogP contribution is -2.31. The maximum Gasteiger partial charge on any atom is 0.307 e. The molecule has 1 amide bonds. The molecule has 1 aliphatic rings. The number of amides is 1. The van der Waals surface area contributed by atoms with Crippen LogP contribution in [0.2, 0.25) is 0 Å². The molecular weight excluding hydrogens is 385 g/mol. The van der Waals surface area contributed by atoms with E-state index in [2.05, 4.69) is 10.4 Å². The van der Waals surface area contributed by atoms with Crippen molar-refractivity contribution in [2.45, 2.75) is 31.7 Å². The van der Waals surface area contributed by atoms with Gasteiger partial charge in [0.1, 0.15) is 5.82 Å². The quantitative estimate of drug-likeness (QED) is 0.635. The molecule has 0 saturated heterocycles. The first kappa shape index (κ1) is 19.8. The minimum Gasteiger partial charge on any atom is -0.469 e. The van der Waals surface area contributed by atoms with E-state index in [0.717, 1.165) is 36.1 Å². The summed E-state index contributed by atoms with van der Waals surface area (Å²) in [5.74, 6) is -1.08. The molecule has 2 aromatic carbocycles. The Kier molecular flexibility index (Phi) is 5.61. The molecule has 1 unspecified atom stereocenters. The zero-order valence-electron chi connectivity index (χ0n) is 16.6. The first-order valence-corrected chi connectivity index (χ1v) is 9.86. The number of carbonyl (C=O) groups is 2.